The first-order valence-corrected chi connectivity index (χ1v) is 11.8. The van der Waals surface area contributed by atoms with Crippen LogP contribution >= 0.6 is 0 Å². The third kappa shape index (κ3) is 5.02. The number of nitrogens with zero attached hydrogens (tertiary/aromatic N) is 4. The number of alkyl halides is 3. The standard InChI is InChI=1S/C22H20F3N5O3S/c1-2-30-19(12-5-14-3-8-16(9-4-14)22(23,24)25)18(13-27-30)21-28-20(29-33-21)15-6-10-17(11-7-15)34(26,31)32/h3-4,6-11,13H,2,5,12H2,1H3,(H2,26,31,32). The van der Waals surface area contributed by atoms with E-state index in [0.29, 0.717) is 30.5 Å². The van der Waals surface area contributed by atoms with Gasteiger partial charge in [-0.05, 0) is 61.7 Å². The minimum absolute atomic E-state index is 0.0326. The molecule has 0 aliphatic heterocycles. The average Bonchev–Trinajstić information content (AvgIpc) is 3.43. The maximum absolute atomic E-state index is 12.8. The van der Waals surface area contributed by atoms with Crippen LogP contribution in [0.1, 0.15) is 23.7 Å². The van der Waals surface area contributed by atoms with Gasteiger partial charge in [0.2, 0.25) is 15.8 Å². The van der Waals surface area contributed by atoms with Gasteiger partial charge in [-0.25, -0.2) is 13.6 Å². The molecule has 2 heterocycles. The summed E-state index contributed by atoms with van der Waals surface area (Å²) in [6.45, 7) is 2.50. The molecular weight excluding hydrogens is 471 g/mol. The van der Waals surface area contributed by atoms with Crippen LogP contribution in [-0.4, -0.2) is 28.3 Å². The molecule has 0 saturated heterocycles. The molecule has 178 valence electrons. The lowest BCUT2D eigenvalue weighted by atomic mass is 10.0. The van der Waals surface area contributed by atoms with Crippen molar-refractivity contribution < 1.29 is 26.1 Å². The van der Waals surface area contributed by atoms with Crippen LogP contribution < -0.4 is 5.14 Å². The summed E-state index contributed by atoms with van der Waals surface area (Å²) in [5, 5.41) is 13.4. The van der Waals surface area contributed by atoms with Crippen LogP contribution in [0.4, 0.5) is 13.2 Å². The minimum Gasteiger partial charge on any atom is -0.333 e. The van der Waals surface area contributed by atoms with Crippen LogP contribution in [0.2, 0.25) is 0 Å². The summed E-state index contributed by atoms with van der Waals surface area (Å²) in [7, 11) is -3.82. The van der Waals surface area contributed by atoms with Crippen LogP contribution in [0.3, 0.4) is 0 Å². The highest BCUT2D eigenvalue weighted by atomic mass is 32.2. The van der Waals surface area contributed by atoms with E-state index in [0.717, 1.165) is 23.4 Å². The van der Waals surface area contributed by atoms with E-state index in [1.807, 2.05) is 6.92 Å². The van der Waals surface area contributed by atoms with Gasteiger partial charge in [0, 0.05) is 12.1 Å². The molecule has 2 aromatic heterocycles. The summed E-state index contributed by atoms with van der Waals surface area (Å²) in [4.78, 5) is 4.38. The molecule has 0 spiro atoms. The molecule has 0 fully saturated rings. The summed E-state index contributed by atoms with van der Waals surface area (Å²) in [5.41, 5.74) is 2.03. The van der Waals surface area contributed by atoms with Crippen LogP contribution in [0, 0.1) is 0 Å². The number of benzene rings is 2. The first-order valence-electron chi connectivity index (χ1n) is 10.2. The van der Waals surface area contributed by atoms with Crippen molar-refractivity contribution in [3.63, 3.8) is 0 Å². The Kier molecular flexibility index (Phi) is 6.28. The van der Waals surface area contributed by atoms with Crippen molar-refractivity contribution in [3.05, 3.63) is 71.5 Å². The molecule has 8 nitrogen and oxygen atoms in total. The molecular formula is C22H20F3N5O3S. The molecule has 0 aliphatic rings. The number of hydrogen-bond donors (Lipinski definition) is 1. The Morgan fingerprint density at radius 3 is 2.29 bits per heavy atom. The van der Waals surface area contributed by atoms with Crippen LogP contribution in [0.5, 0.6) is 0 Å². The zero-order chi connectivity index (χ0) is 24.5. The van der Waals surface area contributed by atoms with E-state index in [9.17, 15) is 21.6 Å². The van der Waals surface area contributed by atoms with Gasteiger partial charge < -0.3 is 4.52 Å². The van der Waals surface area contributed by atoms with Crippen molar-refractivity contribution in [1.29, 1.82) is 0 Å². The van der Waals surface area contributed by atoms with E-state index in [4.69, 9.17) is 9.66 Å². The van der Waals surface area contributed by atoms with E-state index < -0.39 is 21.8 Å². The van der Waals surface area contributed by atoms with Crippen molar-refractivity contribution in [3.8, 4) is 22.8 Å². The third-order valence-electron chi connectivity index (χ3n) is 5.28. The zero-order valence-electron chi connectivity index (χ0n) is 18.0. The molecule has 0 bridgehead atoms. The van der Waals surface area contributed by atoms with E-state index in [-0.39, 0.29) is 16.6 Å². The number of sulfonamides is 1. The van der Waals surface area contributed by atoms with E-state index in [1.54, 1.807) is 10.9 Å². The average molecular weight is 491 g/mol. The highest BCUT2D eigenvalue weighted by Gasteiger charge is 2.30. The fourth-order valence-corrected chi connectivity index (χ4v) is 4.01. The number of halogens is 3. The zero-order valence-corrected chi connectivity index (χ0v) is 18.8. The van der Waals surface area contributed by atoms with Gasteiger partial charge in [0.15, 0.2) is 0 Å². The van der Waals surface area contributed by atoms with Gasteiger partial charge in [0.25, 0.3) is 5.89 Å². The van der Waals surface area contributed by atoms with Crippen molar-refractivity contribution >= 4 is 10.0 Å². The van der Waals surface area contributed by atoms with Crippen molar-refractivity contribution in [2.45, 2.75) is 37.4 Å². The fraction of sp³-hybridized carbons (Fsp3) is 0.227. The van der Waals surface area contributed by atoms with Crippen LogP contribution in [0.15, 0.2) is 64.1 Å². The van der Waals surface area contributed by atoms with Gasteiger partial charge in [0.05, 0.1) is 27.9 Å². The lowest BCUT2D eigenvalue weighted by molar-refractivity contribution is -0.137. The monoisotopic (exact) mass is 491 g/mol. The topological polar surface area (TPSA) is 117 Å². The molecule has 12 heteroatoms. The molecule has 2 N–H and O–H groups in total. The number of hydrogen-bond acceptors (Lipinski definition) is 6. The second-order valence-corrected chi connectivity index (χ2v) is 9.07. The number of primary sulfonamides is 1. The quantitative estimate of drug-likeness (QED) is 0.417. The summed E-state index contributed by atoms with van der Waals surface area (Å²) in [6.07, 6.45) is -1.78. The van der Waals surface area contributed by atoms with Gasteiger partial charge in [-0.1, -0.05) is 17.3 Å². The Morgan fingerprint density at radius 1 is 1.03 bits per heavy atom. The molecule has 0 amide bonds. The largest absolute Gasteiger partial charge is 0.416 e. The summed E-state index contributed by atoms with van der Waals surface area (Å²) in [6, 6.07) is 10.8. The Balaban J connectivity index is 1.56. The highest BCUT2D eigenvalue weighted by molar-refractivity contribution is 7.89. The van der Waals surface area contributed by atoms with Gasteiger partial charge in [-0.3, -0.25) is 4.68 Å². The lowest BCUT2D eigenvalue weighted by Crippen LogP contribution is -2.11. The van der Waals surface area contributed by atoms with Gasteiger partial charge in [0.1, 0.15) is 0 Å². The molecule has 0 atom stereocenters. The highest BCUT2D eigenvalue weighted by Crippen LogP contribution is 2.30. The smallest absolute Gasteiger partial charge is 0.333 e. The number of aryl methyl sites for hydroxylation is 2. The summed E-state index contributed by atoms with van der Waals surface area (Å²) in [5.74, 6) is 0.488. The van der Waals surface area contributed by atoms with Crippen molar-refractivity contribution in [2.24, 2.45) is 5.14 Å². The van der Waals surface area contributed by atoms with Gasteiger partial charge >= 0.3 is 6.18 Å². The Labute approximate surface area is 193 Å². The fourth-order valence-electron chi connectivity index (χ4n) is 3.49. The van der Waals surface area contributed by atoms with Crippen molar-refractivity contribution in [1.82, 2.24) is 19.9 Å². The number of aromatic nitrogens is 4. The first kappa shape index (κ1) is 23.6. The first-order chi connectivity index (χ1) is 16.1. The third-order valence-corrected chi connectivity index (χ3v) is 6.21. The lowest BCUT2D eigenvalue weighted by Gasteiger charge is -2.09. The molecule has 0 saturated carbocycles. The van der Waals surface area contributed by atoms with Crippen LogP contribution in [-0.2, 0) is 35.6 Å². The molecule has 4 rings (SSSR count). The Hall–Kier alpha value is -3.51. The Bertz CT molecular complexity index is 1390. The molecule has 0 aliphatic carbocycles. The van der Waals surface area contributed by atoms with Crippen LogP contribution in [0.25, 0.3) is 22.8 Å². The van der Waals surface area contributed by atoms with E-state index >= 15 is 0 Å². The predicted octanol–water partition coefficient (Wildman–Crippen LogP) is 4.07. The molecule has 0 unspecified atom stereocenters. The number of nitrogens with two attached hydrogens (primary N) is 1. The molecule has 0 radical (unpaired) electrons. The van der Waals surface area contributed by atoms with E-state index in [1.165, 1.54) is 36.4 Å². The second kappa shape index (κ2) is 9.03. The Morgan fingerprint density at radius 2 is 1.71 bits per heavy atom. The second-order valence-electron chi connectivity index (χ2n) is 7.51. The maximum atomic E-state index is 12.8. The maximum Gasteiger partial charge on any atom is 0.416 e. The summed E-state index contributed by atoms with van der Waals surface area (Å²) >= 11 is 0. The van der Waals surface area contributed by atoms with Gasteiger partial charge in [-0.2, -0.15) is 23.3 Å². The molecule has 34 heavy (non-hydrogen) atoms. The predicted molar refractivity (Wildman–Crippen MR) is 117 cm³/mol. The van der Waals surface area contributed by atoms with Crippen molar-refractivity contribution in [2.75, 3.05) is 0 Å². The molecule has 4 aromatic rings. The minimum atomic E-state index is -4.37. The summed E-state index contributed by atoms with van der Waals surface area (Å²) < 4.78 is 68.4. The van der Waals surface area contributed by atoms with E-state index in [2.05, 4.69) is 15.2 Å². The SMILES string of the molecule is CCn1ncc(-c2nc(-c3ccc(S(N)(=O)=O)cc3)no2)c1CCc1ccc(C(F)(F)F)cc1. The number of rotatable bonds is 7. The molecule has 2 aromatic carbocycles. The van der Waals surface area contributed by atoms with Gasteiger partial charge in [-0.15, -0.1) is 0 Å². The normalized spacial score (nSPS) is 12.3.